The molecule has 1 atom stereocenters. The smallest absolute Gasteiger partial charge is 0.323 e. The Bertz CT molecular complexity index is 1850. The SMILES string of the molecule is C#Cc1cnc(NCCC[C@H](CCC)N(C(=O)NCc2ccccc2)c2ccc(-c3cnn(C)c3)cn2)nc1N1CCN(S(=O)(=O)CC)CC1. The largest absolute Gasteiger partial charge is 0.354 e. The van der Waals surface area contributed by atoms with Gasteiger partial charge in [0, 0.05) is 75.9 Å². The van der Waals surface area contributed by atoms with Gasteiger partial charge >= 0.3 is 6.03 Å². The molecular weight excluding hydrogens is 653 g/mol. The van der Waals surface area contributed by atoms with E-state index in [1.165, 1.54) is 4.31 Å². The number of hydrogen-bond acceptors (Lipinski definition) is 9. The number of aromatic nitrogens is 5. The molecule has 0 bridgehead atoms. The van der Waals surface area contributed by atoms with Crippen LogP contribution < -0.4 is 20.4 Å². The molecule has 1 fully saturated rings. The van der Waals surface area contributed by atoms with E-state index < -0.39 is 10.0 Å². The highest BCUT2D eigenvalue weighted by Crippen LogP contribution is 2.25. The van der Waals surface area contributed by atoms with Crippen molar-refractivity contribution in [3.05, 3.63) is 78.4 Å². The number of carbonyl (C=O) groups excluding carboxylic acids is 1. The zero-order chi connectivity index (χ0) is 35.5. The van der Waals surface area contributed by atoms with Crippen molar-refractivity contribution in [3.63, 3.8) is 0 Å². The van der Waals surface area contributed by atoms with Gasteiger partial charge in [-0.2, -0.15) is 14.4 Å². The van der Waals surface area contributed by atoms with Gasteiger partial charge in [0.15, 0.2) is 0 Å². The summed E-state index contributed by atoms with van der Waals surface area (Å²) < 4.78 is 27.9. The molecule has 13 nitrogen and oxygen atoms in total. The van der Waals surface area contributed by atoms with Crippen molar-refractivity contribution < 1.29 is 13.2 Å². The second-order valence-corrected chi connectivity index (χ2v) is 14.5. The van der Waals surface area contributed by atoms with Crippen molar-refractivity contribution in [2.45, 2.75) is 52.1 Å². The van der Waals surface area contributed by atoms with E-state index in [1.807, 2.05) is 60.6 Å². The number of pyridine rings is 1. The van der Waals surface area contributed by atoms with E-state index in [0.717, 1.165) is 42.4 Å². The van der Waals surface area contributed by atoms with Crippen LogP contribution in [0.15, 0.2) is 67.3 Å². The average molecular weight is 699 g/mol. The van der Waals surface area contributed by atoms with Crippen LogP contribution in [0.3, 0.4) is 0 Å². The molecule has 0 radical (unpaired) electrons. The molecule has 4 heterocycles. The quantitative estimate of drug-likeness (QED) is 0.136. The number of sulfonamides is 1. The lowest BCUT2D eigenvalue weighted by Crippen LogP contribution is -2.49. The molecule has 3 aromatic heterocycles. The van der Waals surface area contributed by atoms with E-state index in [0.29, 0.717) is 62.4 Å². The molecule has 1 aliphatic rings. The van der Waals surface area contributed by atoms with Gasteiger partial charge in [-0.1, -0.05) is 49.6 Å². The standard InChI is InChI=1S/C36H46N10O3S/c1-5-12-32(15-11-18-37-35-39-24-29(6-2)34(42-35)44-19-21-45(22-20-44)50(48,49)7-3)46(36(47)40-23-28-13-9-8-10-14-28)33-17-16-30(25-38-33)31-26-41-43(4)27-31/h2,8-10,13-14,16-17,24-27,32H,5,7,11-12,15,18-23H2,1,3-4H3,(H,40,47)(H,37,39,42)/t32-/m0/s1. The third-order valence-corrected chi connectivity index (χ3v) is 10.6. The van der Waals surface area contributed by atoms with Crippen molar-refractivity contribution in [2.75, 3.05) is 53.6 Å². The van der Waals surface area contributed by atoms with E-state index >= 15 is 0 Å². The number of nitrogens with one attached hydrogen (secondary N) is 2. The first-order valence-corrected chi connectivity index (χ1v) is 18.7. The number of anilines is 3. The summed E-state index contributed by atoms with van der Waals surface area (Å²) in [6, 6.07) is 13.4. The molecule has 0 unspecified atom stereocenters. The van der Waals surface area contributed by atoms with Gasteiger partial charge in [-0.15, -0.1) is 6.42 Å². The number of carbonyl (C=O) groups is 1. The summed E-state index contributed by atoms with van der Waals surface area (Å²) in [6.45, 7) is 6.48. The third kappa shape index (κ3) is 9.16. The third-order valence-electron chi connectivity index (χ3n) is 8.74. The van der Waals surface area contributed by atoms with E-state index in [-0.39, 0.29) is 17.8 Å². The molecule has 50 heavy (non-hydrogen) atoms. The molecular formula is C36H46N10O3S. The predicted octanol–water partition coefficient (Wildman–Crippen LogP) is 4.50. The summed E-state index contributed by atoms with van der Waals surface area (Å²) in [5.74, 6) is 4.38. The van der Waals surface area contributed by atoms with E-state index in [2.05, 4.69) is 33.6 Å². The minimum Gasteiger partial charge on any atom is -0.354 e. The van der Waals surface area contributed by atoms with Gasteiger partial charge in [0.2, 0.25) is 16.0 Å². The van der Waals surface area contributed by atoms with Gasteiger partial charge in [-0.25, -0.2) is 23.2 Å². The number of terminal acetylenes is 1. The van der Waals surface area contributed by atoms with Crippen LogP contribution in [0.5, 0.6) is 0 Å². The lowest BCUT2D eigenvalue weighted by molar-refractivity contribution is 0.242. The van der Waals surface area contributed by atoms with Crippen LogP contribution in [0.1, 0.15) is 50.7 Å². The predicted molar refractivity (Wildman–Crippen MR) is 197 cm³/mol. The molecule has 0 aliphatic carbocycles. The second-order valence-electron chi connectivity index (χ2n) is 12.2. The summed E-state index contributed by atoms with van der Waals surface area (Å²) in [7, 11) is -1.38. The molecule has 0 spiro atoms. The second kappa shape index (κ2) is 17.1. The molecule has 0 saturated carbocycles. The number of urea groups is 1. The van der Waals surface area contributed by atoms with E-state index in [1.54, 1.807) is 35.1 Å². The van der Waals surface area contributed by atoms with Gasteiger partial charge in [-0.3, -0.25) is 9.58 Å². The minimum atomic E-state index is -3.25. The Morgan fingerprint density at radius 1 is 1.00 bits per heavy atom. The molecule has 264 valence electrons. The number of hydrogen-bond donors (Lipinski definition) is 2. The number of nitrogens with zero attached hydrogens (tertiary/aromatic N) is 8. The Morgan fingerprint density at radius 3 is 2.42 bits per heavy atom. The maximum absolute atomic E-state index is 13.9. The Hall–Kier alpha value is -5.00. The van der Waals surface area contributed by atoms with Crippen LogP contribution in [-0.4, -0.2) is 88.0 Å². The molecule has 5 rings (SSSR count). The first-order valence-electron chi connectivity index (χ1n) is 17.1. The van der Waals surface area contributed by atoms with Crippen LogP contribution in [0.4, 0.5) is 22.4 Å². The van der Waals surface area contributed by atoms with Crippen LogP contribution in [0, 0.1) is 12.3 Å². The molecule has 1 saturated heterocycles. The highest BCUT2D eigenvalue weighted by atomic mass is 32.2. The Balaban J connectivity index is 1.26. The number of benzene rings is 1. The van der Waals surface area contributed by atoms with Gasteiger partial charge in [0.1, 0.15) is 11.6 Å². The molecule has 14 heteroatoms. The van der Waals surface area contributed by atoms with E-state index in [4.69, 9.17) is 16.4 Å². The molecule has 2 amide bonds. The zero-order valence-corrected chi connectivity index (χ0v) is 29.8. The van der Waals surface area contributed by atoms with Gasteiger partial charge in [-0.05, 0) is 43.9 Å². The summed E-state index contributed by atoms with van der Waals surface area (Å²) in [6.07, 6.45) is 16.0. The van der Waals surface area contributed by atoms with Crippen LogP contribution in [0.25, 0.3) is 11.1 Å². The number of aryl methyl sites for hydroxylation is 1. The van der Waals surface area contributed by atoms with E-state index in [9.17, 15) is 13.2 Å². The van der Waals surface area contributed by atoms with Crippen LogP contribution in [-0.2, 0) is 23.6 Å². The summed E-state index contributed by atoms with van der Waals surface area (Å²) in [5.41, 5.74) is 3.45. The Kier molecular flexibility index (Phi) is 12.4. The average Bonchev–Trinajstić information content (AvgIpc) is 3.59. The van der Waals surface area contributed by atoms with Crippen molar-refractivity contribution >= 4 is 33.6 Å². The lowest BCUT2D eigenvalue weighted by atomic mass is 10.0. The van der Waals surface area contributed by atoms with Crippen molar-refractivity contribution in [1.82, 2.24) is 34.4 Å². The molecule has 1 aliphatic heterocycles. The van der Waals surface area contributed by atoms with Crippen molar-refractivity contribution in [2.24, 2.45) is 7.05 Å². The van der Waals surface area contributed by atoms with Crippen LogP contribution >= 0.6 is 0 Å². The minimum absolute atomic E-state index is 0.0778. The maximum atomic E-state index is 13.9. The lowest BCUT2D eigenvalue weighted by Gasteiger charge is -2.35. The highest BCUT2D eigenvalue weighted by molar-refractivity contribution is 7.89. The molecule has 2 N–H and O–H groups in total. The van der Waals surface area contributed by atoms with Gasteiger partial charge in [0.05, 0.1) is 23.7 Å². The normalized spacial score (nSPS) is 14.2. The fraction of sp³-hybridized carbons (Fsp3) is 0.417. The molecule has 1 aromatic carbocycles. The monoisotopic (exact) mass is 698 g/mol. The fourth-order valence-electron chi connectivity index (χ4n) is 6.02. The van der Waals surface area contributed by atoms with Gasteiger partial charge in [0.25, 0.3) is 0 Å². The van der Waals surface area contributed by atoms with Crippen molar-refractivity contribution in [3.8, 4) is 23.5 Å². The van der Waals surface area contributed by atoms with Crippen molar-refractivity contribution in [1.29, 1.82) is 0 Å². The summed E-state index contributed by atoms with van der Waals surface area (Å²) in [4.78, 5) is 31.6. The molecule has 4 aromatic rings. The Labute approximate surface area is 295 Å². The topological polar surface area (TPSA) is 141 Å². The number of piperazine rings is 1. The van der Waals surface area contributed by atoms with Crippen LogP contribution in [0.2, 0.25) is 0 Å². The number of amides is 2. The Morgan fingerprint density at radius 2 is 1.78 bits per heavy atom. The first-order chi connectivity index (χ1) is 24.2. The maximum Gasteiger partial charge on any atom is 0.323 e. The number of rotatable bonds is 15. The zero-order valence-electron chi connectivity index (χ0n) is 29.0. The summed E-state index contributed by atoms with van der Waals surface area (Å²) >= 11 is 0. The highest BCUT2D eigenvalue weighted by Gasteiger charge is 2.28. The first kappa shape index (κ1) is 36.3. The summed E-state index contributed by atoms with van der Waals surface area (Å²) in [5, 5.41) is 10.7. The van der Waals surface area contributed by atoms with Gasteiger partial charge < -0.3 is 15.5 Å². The fourth-order valence-corrected chi connectivity index (χ4v) is 7.11.